The predicted molar refractivity (Wildman–Crippen MR) is 98.6 cm³/mol. The summed E-state index contributed by atoms with van der Waals surface area (Å²) in [7, 11) is 0. The fourth-order valence-electron chi connectivity index (χ4n) is 2.73. The quantitative estimate of drug-likeness (QED) is 0.760. The van der Waals surface area contributed by atoms with E-state index < -0.39 is 0 Å². The average molecular weight is 380 g/mol. The van der Waals surface area contributed by atoms with Gasteiger partial charge in [0.05, 0.1) is 22.3 Å². The van der Waals surface area contributed by atoms with Crippen molar-refractivity contribution in [1.29, 1.82) is 0 Å². The summed E-state index contributed by atoms with van der Waals surface area (Å²) in [5, 5.41) is 4.88. The molecule has 2 aromatic rings. The molecule has 0 N–H and O–H groups in total. The van der Waals surface area contributed by atoms with Crippen LogP contribution in [0.2, 0.25) is 10.0 Å². The van der Waals surface area contributed by atoms with E-state index in [-0.39, 0.29) is 5.91 Å². The fraction of sp³-hybridized carbons (Fsp3) is 0.333. The van der Waals surface area contributed by atoms with Crippen molar-refractivity contribution in [3.8, 4) is 0 Å². The van der Waals surface area contributed by atoms with Gasteiger partial charge in [0.15, 0.2) is 5.76 Å². The van der Waals surface area contributed by atoms with Crippen LogP contribution < -0.4 is 0 Å². The summed E-state index contributed by atoms with van der Waals surface area (Å²) in [5.74, 6) is 0.859. The van der Waals surface area contributed by atoms with Crippen LogP contribution in [0.1, 0.15) is 17.0 Å². The minimum atomic E-state index is 0.00114. The van der Waals surface area contributed by atoms with E-state index in [0.29, 0.717) is 23.1 Å². The zero-order chi connectivity index (χ0) is 17.8. The Morgan fingerprint density at radius 2 is 1.96 bits per heavy atom. The van der Waals surface area contributed by atoms with E-state index in [1.807, 2.05) is 24.0 Å². The standard InChI is InChI=1S/C18H19Cl2N3O2/c1-13-10-15(25-21-13)12-22-6-8-23(9-7-22)18(24)5-3-14-2-4-16(19)17(20)11-14/h2-5,10-11H,6-9,12H2,1H3/b5-3+. The maximum atomic E-state index is 12.3. The zero-order valence-corrected chi connectivity index (χ0v) is 15.4. The van der Waals surface area contributed by atoms with Crippen LogP contribution in [-0.4, -0.2) is 47.0 Å². The van der Waals surface area contributed by atoms with E-state index in [1.54, 1.807) is 24.3 Å². The van der Waals surface area contributed by atoms with Crippen molar-refractivity contribution in [1.82, 2.24) is 15.0 Å². The maximum absolute atomic E-state index is 12.3. The average Bonchev–Trinajstić information content (AvgIpc) is 3.01. The van der Waals surface area contributed by atoms with Crippen LogP contribution in [0.5, 0.6) is 0 Å². The van der Waals surface area contributed by atoms with Gasteiger partial charge < -0.3 is 9.42 Å². The lowest BCUT2D eigenvalue weighted by atomic mass is 10.2. The van der Waals surface area contributed by atoms with Crippen LogP contribution in [0.25, 0.3) is 6.08 Å². The molecule has 0 saturated carbocycles. The number of piperazine rings is 1. The van der Waals surface area contributed by atoms with E-state index in [0.717, 1.165) is 36.7 Å². The van der Waals surface area contributed by atoms with Gasteiger partial charge in [0.2, 0.25) is 5.91 Å². The molecule has 0 bridgehead atoms. The minimum Gasteiger partial charge on any atom is -0.360 e. The Bertz CT molecular complexity index is 780. The van der Waals surface area contributed by atoms with Gasteiger partial charge in [-0.3, -0.25) is 9.69 Å². The first-order chi connectivity index (χ1) is 12.0. The molecule has 0 aliphatic carbocycles. The molecule has 1 fully saturated rings. The highest BCUT2D eigenvalue weighted by Crippen LogP contribution is 2.23. The zero-order valence-electron chi connectivity index (χ0n) is 13.9. The first-order valence-electron chi connectivity index (χ1n) is 8.08. The van der Waals surface area contributed by atoms with E-state index in [1.165, 1.54) is 0 Å². The topological polar surface area (TPSA) is 49.6 Å². The second-order valence-corrected chi connectivity index (χ2v) is 6.86. The number of hydrogen-bond acceptors (Lipinski definition) is 4. The number of aromatic nitrogens is 1. The Morgan fingerprint density at radius 3 is 2.60 bits per heavy atom. The van der Waals surface area contributed by atoms with Crippen molar-refractivity contribution in [2.24, 2.45) is 0 Å². The van der Waals surface area contributed by atoms with Crippen molar-refractivity contribution in [3.05, 3.63) is 57.4 Å². The highest BCUT2D eigenvalue weighted by molar-refractivity contribution is 6.42. The van der Waals surface area contributed by atoms with Crippen molar-refractivity contribution in [3.63, 3.8) is 0 Å². The molecule has 132 valence electrons. The lowest BCUT2D eigenvalue weighted by Crippen LogP contribution is -2.47. The van der Waals surface area contributed by atoms with Gasteiger partial charge >= 0.3 is 0 Å². The third kappa shape index (κ3) is 4.84. The molecule has 1 aromatic heterocycles. The van der Waals surface area contributed by atoms with Gasteiger partial charge in [-0.1, -0.05) is 34.4 Å². The summed E-state index contributed by atoms with van der Waals surface area (Å²) in [6.07, 6.45) is 3.34. The molecule has 1 aliphatic rings. The van der Waals surface area contributed by atoms with Crippen LogP contribution in [0.4, 0.5) is 0 Å². The van der Waals surface area contributed by atoms with Crippen molar-refractivity contribution < 1.29 is 9.32 Å². The molecule has 1 aliphatic heterocycles. The van der Waals surface area contributed by atoms with Gasteiger partial charge in [0.25, 0.3) is 0 Å². The first-order valence-corrected chi connectivity index (χ1v) is 8.83. The first kappa shape index (κ1) is 18.0. The molecule has 25 heavy (non-hydrogen) atoms. The second-order valence-electron chi connectivity index (χ2n) is 6.04. The molecule has 3 rings (SSSR count). The maximum Gasteiger partial charge on any atom is 0.246 e. The molecule has 0 spiro atoms. The molecule has 5 nitrogen and oxygen atoms in total. The molecule has 0 atom stereocenters. The lowest BCUT2D eigenvalue weighted by molar-refractivity contribution is -0.127. The molecule has 0 unspecified atom stereocenters. The van der Waals surface area contributed by atoms with Gasteiger partial charge in [0, 0.05) is 38.3 Å². The molecular weight excluding hydrogens is 361 g/mol. The van der Waals surface area contributed by atoms with Gasteiger partial charge in [-0.2, -0.15) is 0 Å². The SMILES string of the molecule is Cc1cc(CN2CCN(C(=O)/C=C/c3ccc(Cl)c(Cl)c3)CC2)on1. The lowest BCUT2D eigenvalue weighted by Gasteiger charge is -2.33. The van der Waals surface area contributed by atoms with E-state index in [4.69, 9.17) is 27.7 Å². The number of carbonyl (C=O) groups excluding carboxylic acids is 1. The summed E-state index contributed by atoms with van der Waals surface area (Å²) in [6.45, 7) is 5.64. The number of amides is 1. The monoisotopic (exact) mass is 379 g/mol. The molecule has 1 aromatic carbocycles. The van der Waals surface area contributed by atoms with Gasteiger partial charge in [-0.05, 0) is 30.7 Å². The number of halogens is 2. The predicted octanol–water partition coefficient (Wildman–Crippen LogP) is 3.65. The Hall–Kier alpha value is -1.82. The molecule has 2 heterocycles. The van der Waals surface area contributed by atoms with Crippen molar-refractivity contribution >= 4 is 35.2 Å². The summed E-state index contributed by atoms with van der Waals surface area (Å²) in [6, 6.07) is 7.23. The second kappa shape index (κ2) is 8.04. The Balaban J connectivity index is 1.50. The molecular formula is C18H19Cl2N3O2. The number of rotatable bonds is 4. The van der Waals surface area contributed by atoms with Gasteiger partial charge in [-0.15, -0.1) is 0 Å². The highest BCUT2D eigenvalue weighted by atomic mass is 35.5. The Kier molecular flexibility index (Phi) is 5.78. The van der Waals surface area contributed by atoms with Gasteiger partial charge in [-0.25, -0.2) is 0 Å². The Morgan fingerprint density at radius 1 is 1.20 bits per heavy atom. The van der Waals surface area contributed by atoms with Crippen LogP contribution in [0.15, 0.2) is 34.9 Å². The van der Waals surface area contributed by atoms with E-state index in [9.17, 15) is 4.79 Å². The molecule has 0 radical (unpaired) electrons. The number of benzene rings is 1. The number of aryl methyl sites for hydroxylation is 1. The van der Waals surface area contributed by atoms with Crippen LogP contribution >= 0.6 is 23.2 Å². The van der Waals surface area contributed by atoms with E-state index in [2.05, 4.69) is 10.1 Å². The third-order valence-electron chi connectivity index (χ3n) is 4.10. The molecule has 1 amide bonds. The fourth-order valence-corrected chi connectivity index (χ4v) is 3.03. The molecule has 1 saturated heterocycles. The largest absolute Gasteiger partial charge is 0.360 e. The third-order valence-corrected chi connectivity index (χ3v) is 4.84. The summed E-state index contributed by atoms with van der Waals surface area (Å²) in [5.41, 5.74) is 1.73. The normalized spacial score (nSPS) is 15.9. The van der Waals surface area contributed by atoms with Gasteiger partial charge in [0.1, 0.15) is 0 Å². The van der Waals surface area contributed by atoms with E-state index >= 15 is 0 Å². The smallest absolute Gasteiger partial charge is 0.246 e. The van der Waals surface area contributed by atoms with Crippen LogP contribution in [0.3, 0.4) is 0 Å². The minimum absolute atomic E-state index is 0.00114. The van der Waals surface area contributed by atoms with Crippen LogP contribution in [-0.2, 0) is 11.3 Å². The summed E-state index contributed by atoms with van der Waals surface area (Å²) >= 11 is 11.9. The van der Waals surface area contributed by atoms with Crippen LogP contribution in [0, 0.1) is 6.92 Å². The summed E-state index contributed by atoms with van der Waals surface area (Å²) in [4.78, 5) is 16.4. The number of carbonyl (C=O) groups is 1. The van der Waals surface area contributed by atoms with Crippen molar-refractivity contribution in [2.45, 2.75) is 13.5 Å². The number of hydrogen-bond donors (Lipinski definition) is 0. The molecule has 7 heteroatoms. The highest BCUT2D eigenvalue weighted by Gasteiger charge is 2.20. The number of nitrogens with zero attached hydrogens (tertiary/aromatic N) is 3. The summed E-state index contributed by atoms with van der Waals surface area (Å²) < 4.78 is 5.24. The van der Waals surface area contributed by atoms with Crippen molar-refractivity contribution in [2.75, 3.05) is 26.2 Å². The Labute approximate surface area is 156 Å².